The molecule has 0 aliphatic heterocycles. The predicted octanol–water partition coefficient (Wildman–Crippen LogP) is 5.49. The molecule has 0 aromatic rings. The van der Waals surface area contributed by atoms with Crippen LogP contribution in [-0.2, 0) is 18.1 Å². The van der Waals surface area contributed by atoms with E-state index < -0.39 is 7.82 Å². The van der Waals surface area contributed by atoms with Crippen molar-refractivity contribution < 1.29 is 18.1 Å². The molecule has 4 nitrogen and oxygen atoms in total. The summed E-state index contributed by atoms with van der Waals surface area (Å²) in [6.45, 7) is 8.86. The second-order valence-corrected chi connectivity index (χ2v) is 6.32. The third-order valence-corrected chi connectivity index (χ3v) is 4.50. The van der Waals surface area contributed by atoms with Gasteiger partial charge in [0.15, 0.2) is 0 Å². The molecule has 0 aromatic heterocycles. The molecule has 0 aliphatic carbocycles. The van der Waals surface area contributed by atoms with E-state index in [1.54, 1.807) is 13.8 Å². The Balaban J connectivity index is 4.38. The molecule has 0 saturated heterocycles. The molecule has 0 aromatic carbocycles. The molecule has 0 saturated carbocycles. The fourth-order valence-corrected chi connectivity index (χ4v) is 2.92. The van der Waals surface area contributed by atoms with Gasteiger partial charge < -0.3 is 0 Å². The molecule has 0 bridgehead atoms. The molecule has 20 heavy (non-hydrogen) atoms. The van der Waals surface area contributed by atoms with Crippen molar-refractivity contribution in [2.45, 2.75) is 66.2 Å². The minimum Gasteiger partial charge on any atom is -0.287 e. The van der Waals surface area contributed by atoms with Crippen LogP contribution >= 0.6 is 7.82 Å². The molecule has 120 valence electrons. The molecule has 0 rings (SSSR count). The van der Waals surface area contributed by atoms with Crippen LogP contribution in [0.4, 0.5) is 0 Å². The van der Waals surface area contributed by atoms with Gasteiger partial charge in [-0.05, 0) is 39.5 Å². The Kier molecular flexibility index (Phi) is 12.5. The van der Waals surface area contributed by atoms with Gasteiger partial charge in [-0.1, -0.05) is 38.3 Å². The van der Waals surface area contributed by atoms with Gasteiger partial charge in [-0.15, -0.1) is 0 Å². The smallest absolute Gasteiger partial charge is 0.287 e. The summed E-state index contributed by atoms with van der Waals surface area (Å²) in [4.78, 5) is 0. The zero-order valence-corrected chi connectivity index (χ0v) is 14.4. The third kappa shape index (κ3) is 9.71. The van der Waals surface area contributed by atoms with Gasteiger partial charge in [0.05, 0.1) is 19.8 Å². The monoisotopic (exact) mass is 306 g/mol. The minimum atomic E-state index is -3.37. The normalized spacial score (nSPS) is 11.6. The van der Waals surface area contributed by atoms with Crippen molar-refractivity contribution in [2.24, 2.45) is 0 Å². The number of phosphoric ester groups is 1. The highest BCUT2D eigenvalue weighted by molar-refractivity contribution is 7.48. The van der Waals surface area contributed by atoms with Crippen LogP contribution in [0, 0.1) is 0 Å². The standard InChI is InChI=1S/C15H31O4P/c1-5-9-11-15(12-10-6-2)13-14-19-20(16,17-7-3)18-8-4/h13H,5-12,14H2,1-4H3. The number of unbranched alkanes of at least 4 members (excludes halogenated alkanes) is 2. The molecule has 0 amide bonds. The van der Waals surface area contributed by atoms with E-state index in [1.807, 2.05) is 6.08 Å². The molecule has 0 aliphatic rings. The summed E-state index contributed by atoms with van der Waals surface area (Å²) in [5.41, 5.74) is 1.38. The largest absolute Gasteiger partial charge is 0.475 e. The first-order valence-corrected chi connectivity index (χ1v) is 9.29. The average molecular weight is 306 g/mol. The van der Waals surface area contributed by atoms with E-state index in [0.717, 1.165) is 12.8 Å². The molecule has 5 heteroatoms. The van der Waals surface area contributed by atoms with Crippen LogP contribution in [0.1, 0.15) is 66.2 Å². The highest BCUT2D eigenvalue weighted by atomic mass is 31.2. The van der Waals surface area contributed by atoms with Gasteiger partial charge in [-0.25, -0.2) is 4.57 Å². The van der Waals surface area contributed by atoms with Crippen LogP contribution in [0.25, 0.3) is 0 Å². The van der Waals surface area contributed by atoms with Gasteiger partial charge in [0, 0.05) is 0 Å². The number of phosphoric acid groups is 1. The zero-order chi connectivity index (χ0) is 15.3. The van der Waals surface area contributed by atoms with E-state index in [0.29, 0.717) is 19.8 Å². The summed E-state index contributed by atoms with van der Waals surface area (Å²) in [7, 11) is -3.37. The Morgan fingerprint density at radius 1 is 0.900 bits per heavy atom. The molecule has 0 heterocycles. The van der Waals surface area contributed by atoms with E-state index >= 15 is 0 Å². The van der Waals surface area contributed by atoms with Crippen molar-refractivity contribution in [3.63, 3.8) is 0 Å². The van der Waals surface area contributed by atoms with E-state index in [1.165, 1.54) is 31.3 Å². The summed E-state index contributed by atoms with van der Waals surface area (Å²) in [6.07, 6.45) is 8.95. The van der Waals surface area contributed by atoms with Crippen LogP contribution in [0.3, 0.4) is 0 Å². The number of rotatable bonds is 13. The number of hydrogen-bond donors (Lipinski definition) is 0. The highest BCUT2D eigenvalue weighted by Crippen LogP contribution is 2.49. The zero-order valence-electron chi connectivity index (χ0n) is 13.5. The lowest BCUT2D eigenvalue weighted by Gasteiger charge is -2.15. The van der Waals surface area contributed by atoms with Gasteiger partial charge in [-0.3, -0.25) is 13.6 Å². The summed E-state index contributed by atoms with van der Waals surface area (Å²) in [5.74, 6) is 0. The van der Waals surface area contributed by atoms with E-state index in [-0.39, 0.29) is 0 Å². The fourth-order valence-electron chi connectivity index (χ4n) is 1.81. The fraction of sp³-hybridized carbons (Fsp3) is 0.867. The molecule has 0 spiro atoms. The van der Waals surface area contributed by atoms with Crippen molar-refractivity contribution in [1.82, 2.24) is 0 Å². The van der Waals surface area contributed by atoms with Gasteiger partial charge in [0.1, 0.15) is 0 Å². The average Bonchev–Trinajstić information content (AvgIpc) is 2.41. The lowest BCUT2D eigenvalue weighted by Crippen LogP contribution is -2.01. The maximum Gasteiger partial charge on any atom is 0.475 e. The molecule has 0 fully saturated rings. The quantitative estimate of drug-likeness (QED) is 0.333. The van der Waals surface area contributed by atoms with Crippen LogP contribution < -0.4 is 0 Å². The second-order valence-electron chi connectivity index (χ2n) is 4.65. The lowest BCUT2D eigenvalue weighted by atomic mass is 10.0. The topological polar surface area (TPSA) is 44.8 Å². The van der Waals surface area contributed by atoms with Crippen molar-refractivity contribution in [2.75, 3.05) is 19.8 Å². The van der Waals surface area contributed by atoms with Crippen LogP contribution in [-0.4, -0.2) is 19.8 Å². The van der Waals surface area contributed by atoms with Crippen molar-refractivity contribution in [3.05, 3.63) is 11.6 Å². The van der Waals surface area contributed by atoms with E-state index in [9.17, 15) is 4.57 Å². The molecule has 0 unspecified atom stereocenters. The minimum absolute atomic E-state index is 0.292. The first-order chi connectivity index (χ1) is 9.61. The molecular weight excluding hydrogens is 275 g/mol. The third-order valence-electron chi connectivity index (χ3n) is 2.88. The maximum atomic E-state index is 12.1. The Hall–Kier alpha value is -0.150. The van der Waals surface area contributed by atoms with Crippen LogP contribution in [0.15, 0.2) is 11.6 Å². The van der Waals surface area contributed by atoms with Gasteiger partial charge >= 0.3 is 7.82 Å². The molecule has 0 radical (unpaired) electrons. The van der Waals surface area contributed by atoms with Crippen LogP contribution in [0.2, 0.25) is 0 Å². The van der Waals surface area contributed by atoms with Crippen molar-refractivity contribution in [3.8, 4) is 0 Å². The van der Waals surface area contributed by atoms with Gasteiger partial charge in [0.2, 0.25) is 0 Å². The van der Waals surface area contributed by atoms with Crippen LogP contribution in [0.5, 0.6) is 0 Å². The summed E-state index contributed by atoms with van der Waals surface area (Å²) in [5, 5.41) is 0. The Bertz CT molecular complexity index is 282. The highest BCUT2D eigenvalue weighted by Gasteiger charge is 2.24. The molecular formula is C15H31O4P. The summed E-state index contributed by atoms with van der Waals surface area (Å²) >= 11 is 0. The summed E-state index contributed by atoms with van der Waals surface area (Å²) in [6, 6.07) is 0. The number of allylic oxidation sites excluding steroid dienone is 1. The number of hydrogen-bond acceptors (Lipinski definition) is 4. The molecule has 0 atom stereocenters. The Labute approximate surface area is 124 Å². The van der Waals surface area contributed by atoms with E-state index in [2.05, 4.69) is 13.8 Å². The maximum absolute atomic E-state index is 12.1. The van der Waals surface area contributed by atoms with Gasteiger partial charge in [-0.2, -0.15) is 0 Å². The SMILES string of the molecule is CCCCC(=CCOP(=O)(OCC)OCC)CCCC. The second kappa shape index (κ2) is 12.6. The summed E-state index contributed by atoms with van der Waals surface area (Å²) < 4.78 is 27.7. The molecule has 0 N–H and O–H groups in total. The first-order valence-electron chi connectivity index (χ1n) is 7.83. The predicted molar refractivity (Wildman–Crippen MR) is 83.9 cm³/mol. The Morgan fingerprint density at radius 3 is 1.80 bits per heavy atom. The lowest BCUT2D eigenvalue weighted by molar-refractivity contribution is 0.131. The van der Waals surface area contributed by atoms with Gasteiger partial charge in [0.25, 0.3) is 0 Å². The van der Waals surface area contributed by atoms with E-state index in [4.69, 9.17) is 13.6 Å². The van der Waals surface area contributed by atoms with Crippen molar-refractivity contribution >= 4 is 7.82 Å². The van der Waals surface area contributed by atoms with Crippen molar-refractivity contribution in [1.29, 1.82) is 0 Å². The Morgan fingerprint density at radius 2 is 1.40 bits per heavy atom. The first kappa shape index (κ1) is 19.9.